The van der Waals surface area contributed by atoms with Gasteiger partial charge >= 0.3 is 0 Å². The average molecular weight is 260 g/mol. The molecule has 2 rings (SSSR count). The largest absolute Gasteiger partial charge is 0.309 e. The second-order valence-corrected chi connectivity index (χ2v) is 5.71. The van der Waals surface area contributed by atoms with Crippen LogP contribution in [0.3, 0.4) is 0 Å². The third-order valence-corrected chi connectivity index (χ3v) is 4.55. The van der Waals surface area contributed by atoms with Crippen molar-refractivity contribution < 1.29 is 0 Å². The molecule has 0 bridgehead atoms. The molecule has 3 heteroatoms. The SMILES string of the molecule is Cc1cc(Br)c(C2CCCCN2)s1. The molecule has 1 aromatic heterocycles. The summed E-state index contributed by atoms with van der Waals surface area (Å²) < 4.78 is 1.29. The maximum absolute atomic E-state index is 3.62. The van der Waals surface area contributed by atoms with Gasteiger partial charge in [0.15, 0.2) is 0 Å². The first-order valence-corrected chi connectivity index (χ1v) is 6.37. The summed E-state index contributed by atoms with van der Waals surface area (Å²) in [4.78, 5) is 2.88. The van der Waals surface area contributed by atoms with Crippen LogP contribution in [0.15, 0.2) is 10.5 Å². The summed E-state index contributed by atoms with van der Waals surface area (Å²) in [5.41, 5.74) is 0. The van der Waals surface area contributed by atoms with Gasteiger partial charge in [-0.05, 0) is 48.3 Å². The van der Waals surface area contributed by atoms with Gasteiger partial charge in [-0.2, -0.15) is 0 Å². The predicted octanol–water partition coefficient (Wildman–Crippen LogP) is 3.63. The van der Waals surface area contributed by atoms with Gasteiger partial charge in [-0.1, -0.05) is 6.42 Å². The van der Waals surface area contributed by atoms with Gasteiger partial charge in [0.25, 0.3) is 0 Å². The fraction of sp³-hybridized carbons (Fsp3) is 0.600. The highest BCUT2D eigenvalue weighted by atomic mass is 79.9. The molecule has 0 spiro atoms. The van der Waals surface area contributed by atoms with Gasteiger partial charge in [0, 0.05) is 20.3 Å². The molecule has 1 unspecified atom stereocenters. The molecule has 1 atom stereocenters. The zero-order valence-electron chi connectivity index (χ0n) is 7.77. The van der Waals surface area contributed by atoms with Gasteiger partial charge < -0.3 is 5.32 Å². The first kappa shape index (κ1) is 9.69. The van der Waals surface area contributed by atoms with Crippen LogP contribution in [0.25, 0.3) is 0 Å². The van der Waals surface area contributed by atoms with Crippen LogP contribution in [-0.2, 0) is 0 Å². The third-order valence-electron chi connectivity index (χ3n) is 2.46. The maximum Gasteiger partial charge on any atom is 0.0426 e. The molecular weight excluding hydrogens is 246 g/mol. The number of thiophene rings is 1. The zero-order valence-corrected chi connectivity index (χ0v) is 10.2. The summed E-state index contributed by atoms with van der Waals surface area (Å²) >= 11 is 5.53. The van der Waals surface area contributed by atoms with Gasteiger partial charge in [-0.25, -0.2) is 0 Å². The zero-order chi connectivity index (χ0) is 9.26. The Hall–Kier alpha value is 0.140. The van der Waals surface area contributed by atoms with E-state index in [1.54, 1.807) is 0 Å². The van der Waals surface area contributed by atoms with E-state index in [-0.39, 0.29) is 0 Å². The van der Waals surface area contributed by atoms with Crippen molar-refractivity contribution in [1.82, 2.24) is 5.32 Å². The second kappa shape index (κ2) is 4.11. The molecule has 0 saturated carbocycles. The molecule has 72 valence electrons. The lowest BCUT2D eigenvalue weighted by Gasteiger charge is -2.22. The first-order chi connectivity index (χ1) is 6.27. The number of halogens is 1. The Labute approximate surface area is 91.7 Å². The van der Waals surface area contributed by atoms with Crippen LogP contribution in [0.1, 0.15) is 35.1 Å². The lowest BCUT2D eigenvalue weighted by molar-refractivity contribution is 0.416. The van der Waals surface area contributed by atoms with Crippen molar-refractivity contribution in [3.8, 4) is 0 Å². The summed E-state index contributed by atoms with van der Waals surface area (Å²) in [7, 11) is 0. The van der Waals surface area contributed by atoms with Crippen LogP contribution in [0.2, 0.25) is 0 Å². The van der Waals surface area contributed by atoms with Crippen molar-refractivity contribution >= 4 is 27.3 Å². The summed E-state index contributed by atoms with van der Waals surface area (Å²) in [6.07, 6.45) is 3.98. The van der Waals surface area contributed by atoms with Crippen LogP contribution in [0, 0.1) is 6.92 Å². The standard InChI is InChI=1S/C10H14BrNS/c1-7-6-8(11)10(13-7)9-4-2-3-5-12-9/h6,9,12H,2-5H2,1H3. The highest BCUT2D eigenvalue weighted by molar-refractivity contribution is 9.10. The molecular formula is C10H14BrNS. The van der Waals surface area contributed by atoms with E-state index in [0.29, 0.717) is 6.04 Å². The number of hydrogen-bond acceptors (Lipinski definition) is 2. The summed E-state index contributed by atoms with van der Waals surface area (Å²) in [6.45, 7) is 3.34. The Balaban J connectivity index is 2.18. The van der Waals surface area contributed by atoms with Crippen LogP contribution in [0.4, 0.5) is 0 Å². The maximum atomic E-state index is 3.62. The topological polar surface area (TPSA) is 12.0 Å². The minimum Gasteiger partial charge on any atom is -0.309 e. The van der Waals surface area contributed by atoms with Gasteiger partial charge in [0.1, 0.15) is 0 Å². The first-order valence-electron chi connectivity index (χ1n) is 4.76. The van der Waals surface area contributed by atoms with Crippen molar-refractivity contribution in [2.45, 2.75) is 32.2 Å². The van der Waals surface area contributed by atoms with Crippen LogP contribution < -0.4 is 5.32 Å². The van der Waals surface area contributed by atoms with E-state index in [4.69, 9.17) is 0 Å². The highest BCUT2D eigenvalue weighted by Crippen LogP contribution is 2.35. The van der Waals surface area contributed by atoms with E-state index in [9.17, 15) is 0 Å². The van der Waals surface area contributed by atoms with Crippen LogP contribution in [-0.4, -0.2) is 6.54 Å². The lowest BCUT2D eigenvalue weighted by atomic mass is 10.0. The Morgan fingerprint density at radius 2 is 2.38 bits per heavy atom. The molecule has 1 aromatic rings. The summed E-state index contributed by atoms with van der Waals surface area (Å²) in [6, 6.07) is 2.82. The number of hydrogen-bond donors (Lipinski definition) is 1. The number of aryl methyl sites for hydroxylation is 1. The molecule has 13 heavy (non-hydrogen) atoms. The Morgan fingerprint density at radius 3 is 2.92 bits per heavy atom. The molecule has 1 aliphatic rings. The minimum atomic E-state index is 0.599. The Bertz CT molecular complexity index is 289. The second-order valence-electron chi connectivity index (χ2n) is 3.57. The molecule has 1 nitrogen and oxygen atoms in total. The molecule has 0 aliphatic carbocycles. The molecule has 1 aliphatic heterocycles. The van der Waals surface area contributed by atoms with Crippen molar-refractivity contribution in [3.63, 3.8) is 0 Å². The fourth-order valence-electron chi connectivity index (χ4n) is 1.81. The van der Waals surface area contributed by atoms with Crippen molar-refractivity contribution in [2.24, 2.45) is 0 Å². The van der Waals surface area contributed by atoms with E-state index in [1.807, 2.05) is 11.3 Å². The van der Waals surface area contributed by atoms with E-state index in [0.717, 1.165) is 0 Å². The monoisotopic (exact) mass is 259 g/mol. The lowest BCUT2D eigenvalue weighted by Crippen LogP contribution is -2.26. The van der Waals surface area contributed by atoms with Crippen LogP contribution >= 0.6 is 27.3 Å². The smallest absolute Gasteiger partial charge is 0.0426 e. The molecule has 0 radical (unpaired) electrons. The van der Waals surface area contributed by atoms with Crippen molar-refractivity contribution in [1.29, 1.82) is 0 Å². The number of nitrogens with one attached hydrogen (secondary N) is 1. The predicted molar refractivity (Wildman–Crippen MR) is 61.4 cm³/mol. The van der Waals surface area contributed by atoms with Gasteiger partial charge in [0.05, 0.1) is 0 Å². The van der Waals surface area contributed by atoms with E-state index in [2.05, 4.69) is 34.2 Å². The van der Waals surface area contributed by atoms with E-state index >= 15 is 0 Å². The third kappa shape index (κ3) is 2.14. The summed E-state index contributed by atoms with van der Waals surface area (Å²) in [5.74, 6) is 0. The highest BCUT2D eigenvalue weighted by Gasteiger charge is 2.18. The van der Waals surface area contributed by atoms with Gasteiger partial charge in [-0.3, -0.25) is 0 Å². The number of piperidine rings is 1. The molecule has 0 aromatic carbocycles. The fourth-order valence-corrected chi connectivity index (χ4v) is 3.85. The quantitative estimate of drug-likeness (QED) is 0.813. The molecule has 2 heterocycles. The Kier molecular flexibility index (Phi) is 3.06. The van der Waals surface area contributed by atoms with Gasteiger partial charge in [0.2, 0.25) is 0 Å². The van der Waals surface area contributed by atoms with Crippen molar-refractivity contribution in [3.05, 3.63) is 20.3 Å². The minimum absolute atomic E-state index is 0.599. The molecule has 1 N–H and O–H groups in total. The molecule has 1 saturated heterocycles. The number of rotatable bonds is 1. The van der Waals surface area contributed by atoms with Crippen molar-refractivity contribution in [2.75, 3.05) is 6.54 Å². The Morgan fingerprint density at radius 1 is 1.54 bits per heavy atom. The molecule has 1 fully saturated rings. The summed E-state index contributed by atoms with van der Waals surface area (Å²) in [5, 5.41) is 3.57. The normalized spacial score (nSPS) is 23.4. The van der Waals surface area contributed by atoms with Gasteiger partial charge in [-0.15, -0.1) is 11.3 Å². The van der Waals surface area contributed by atoms with Crippen LogP contribution in [0.5, 0.6) is 0 Å². The van der Waals surface area contributed by atoms with E-state index < -0.39 is 0 Å². The van der Waals surface area contributed by atoms with E-state index in [1.165, 1.54) is 40.0 Å². The molecule has 0 amide bonds. The average Bonchev–Trinajstić information content (AvgIpc) is 2.47.